The summed E-state index contributed by atoms with van der Waals surface area (Å²) in [5, 5.41) is 7.72. The molecule has 0 saturated carbocycles. The van der Waals surface area contributed by atoms with Crippen LogP contribution in [0.15, 0.2) is 9.98 Å². The molecule has 0 aliphatic carbocycles. The lowest BCUT2D eigenvalue weighted by atomic mass is 10.5. The molecular formula is C6H8N2O3. The molecule has 1 heterocycles. The van der Waals surface area contributed by atoms with E-state index in [1.165, 1.54) is 12.4 Å². The third-order valence-electron chi connectivity index (χ3n) is 0.739. The molecule has 0 spiro atoms. The highest BCUT2D eigenvalue weighted by Gasteiger charge is 1.91. The van der Waals surface area contributed by atoms with E-state index in [0.717, 1.165) is 0 Å². The van der Waals surface area contributed by atoms with E-state index in [-0.39, 0.29) is 6.42 Å². The summed E-state index contributed by atoms with van der Waals surface area (Å²) >= 11 is 0. The fraction of sp³-hybridized carbons (Fsp3) is 0.333. The average Bonchev–Trinajstić information content (AvgIpc) is 2.41. The number of urea groups is 1. The Hall–Kier alpha value is -1.52. The van der Waals surface area contributed by atoms with Crippen molar-refractivity contribution in [2.24, 2.45) is 9.98 Å². The Morgan fingerprint density at radius 2 is 1.91 bits per heavy atom. The van der Waals surface area contributed by atoms with Crippen molar-refractivity contribution in [3.63, 3.8) is 0 Å². The number of aliphatic carboxylic acids is 1. The van der Waals surface area contributed by atoms with Crippen LogP contribution in [0.1, 0.15) is 13.3 Å². The molecule has 0 saturated heterocycles. The minimum absolute atomic E-state index is 0.222. The van der Waals surface area contributed by atoms with E-state index in [1.807, 2.05) is 0 Å². The predicted octanol–water partition coefficient (Wildman–Crippen LogP) is 0.743. The smallest absolute Gasteiger partial charge is 0.367 e. The predicted molar refractivity (Wildman–Crippen MR) is 40.3 cm³/mol. The number of hydrogen-bond acceptors (Lipinski definition) is 2. The maximum atomic E-state index is 9.85. The van der Waals surface area contributed by atoms with Crippen LogP contribution < -0.4 is 0 Å². The number of carbonyl (C=O) groups excluding carboxylic acids is 1. The molecule has 0 unspecified atom stereocenters. The van der Waals surface area contributed by atoms with Gasteiger partial charge in [-0.1, -0.05) is 6.92 Å². The Bertz CT molecular complexity index is 194. The summed E-state index contributed by atoms with van der Waals surface area (Å²) in [5.41, 5.74) is 0. The van der Waals surface area contributed by atoms with Gasteiger partial charge in [-0.05, 0) is 0 Å². The third kappa shape index (κ3) is 6.36. The average molecular weight is 156 g/mol. The standard InChI is InChI=1S/C3H2N2O.C3H6O2/c6-3-4-1-2-5-3;1-2-3(4)5/h1-2H;2H2,1H3,(H,4,5). The number of carbonyl (C=O) groups is 2. The molecule has 0 atom stereocenters. The summed E-state index contributed by atoms with van der Waals surface area (Å²) in [6, 6.07) is -0.407. The van der Waals surface area contributed by atoms with Gasteiger partial charge >= 0.3 is 12.0 Å². The van der Waals surface area contributed by atoms with E-state index in [1.54, 1.807) is 6.92 Å². The van der Waals surface area contributed by atoms with Crippen LogP contribution in [0, 0.1) is 0 Å². The van der Waals surface area contributed by atoms with Gasteiger partial charge in [0.2, 0.25) is 0 Å². The molecule has 0 aromatic heterocycles. The monoisotopic (exact) mass is 156 g/mol. The second-order valence-corrected chi connectivity index (χ2v) is 1.59. The van der Waals surface area contributed by atoms with Gasteiger partial charge in [0.25, 0.3) is 0 Å². The number of hydrogen-bond donors (Lipinski definition) is 1. The first-order valence-corrected chi connectivity index (χ1v) is 2.99. The minimum atomic E-state index is -0.745. The lowest BCUT2D eigenvalue weighted by Gasteiger charge is -1.71. The molecule has 1 aliphatic heterocycles. The molecular weight excluding hydrogens is 148 g/mol. The SMILES string of the molecule is CCC(=O)O.O=C1N=CC=N1. The second kappa shape index (κ2) is 5.28. The molecule has 1 rings (SSSR count). The maximum Gasteiger partial charge on any atom is 0.367 e. The van der Waals surface area contributed by atoms with Gasteiger partial charge in [-0.15, -0.1) is 0 Å². The summed E-state index contributed by atoms with van der Waals surface area (Å²) in [6.45, 7) is 1.60. The van der Waals surface area contributed by atoms with Crippen LogP contribution in [-0.2, 0) is 4.79 Å². The Labute approximate surface area is 63.5 Å². The lowest BCUT2D eigenvalue weighted by molar-refractivity contribution is -0.136. The fourth-order valence-electron chi connectivity index (χ4n) is 0.228. The zero-order valence-electron chi connectivity index (χ0n) is 6.02. The molecule has 5 heteroatoms. The highest BCUT2D eigenvalue weighted by Crippen LogP contribution is 1.81. The van der Waals surface area contributed by atoms with Crippen LogP contribution in [0.5, 0.6) is 0 Å². The number of amides is 2. The Morgan fingerprint density at radius 1 is 1.55 bits per heavy atom. The van der Waals surface area contributed by atoms with Crippen molar-refractivity contribution in [2.45, 2.75) is 13.3 Å². The summed E-state index contributed by atoms with van der Waals surface area (Å²) < 4.78 is 0. The van der Waals surface area contributed by atoms with Crippen molar-refractivity contribution >= 4 is 24.4 Å². The van der Waals surface area contributed by atoms with Crippen molar-refractivity contribution in [3.8, 4) is 0 Å². The van der Waals surface area contributed by atoms with E-state index in [4.69, 9.17) is 5.11 Å². The van der Waals surface area contributed by atoms with Crippen molar-refractivity contribution in [1.29, 1.82) is 0 Å². The second-order valence-electron chi connectivity index (χ2n) is 1.59. The van der Waals surface area contributed by atoms with E-state index in [9.17, 15) is 9.59 Å². The van der Waals surface area contributed by atoms with Gasteiger partial charge in [0.05, 0.1) is 12.4 Å². The van der Waals surface area contributed by atoms with Crippen molar-refractivity contribution < 1.29 is 14.7 Å². The minimum Gasteiger partial charge on any atom is -0.481 e. The molecule has 11 heavy (non-hydrogen) atoms. The van der Waals surface area contributed by atoms with Gasteiger partial charge in [0, 0.05) is 6.42 Å². The number of carboxylic acids is 1. The zero-order valence-corrected chi connectivity index (χ0v) is 6.02. The number of nitrogens with zero attached hydrogens (tertiary/aromatic N) is 2. The van der Waals surface area contributed by atoms with Crippen LogP contribution in [0.25, 0.3) is 0 Å². The summed E-state index contributed by atoms with van der Waals surface area (Å²) in [7, 11) is 0. The number of rotatable bonds is 1. The fourth-order valence-corrected chi connectivity index (χ4v) is 0.228. The summed E-state index contributed by atoms with van der Waals surface area (Å²) in [5.74, 6) is -0.745. The lowest BCUT2D eigenvalue weighted by Crippen LogP contribution is -1.86. The third-order valence-corrected chi connectivity index (χ3v) is 0.739. The van der Waals surface area contributed by atoms with Crippen LogP contribution >= 0.6 is 0 Å². The van der Waals surface area contributed by atoms with Crippen molar-refractivity contribution in [3.05, 3.63) is 0 Å². The van der Waals surface area contributed by atoms with Gasteiger partial charge in [-0.2, -0.15) is 9.98 Å². The van der Waals surface area contributed by atoms with Gasteiger partial charge in [-0.3, -0.25) is 4.79 Å². The zero-order chi connectivity index (χ0) is 8.69. The Balaban J connectivity index is 0.000000187. The Kier molecular flexibility index (Phi) is 4.55. The molecule has 60 valence electrons. The summed E-state index contributed by atoms with van der Waals surface area (Å²) in [6.07, 6.45) is 2.95. The number of carboxylic acid groups (broad SMARTS) is 1. The molecule has 5 nitrogen and oxygen atoms in total. The molecule has 2 amide bonds. The van der Waals surface area contributed by atoms with Gasteiger partial charge < -0.3 is 5.11 Å². The van der Waals surface area contributed by atoms with Gasteiger partial charge in [-0.25, -0.2) is 4.79 Å². The van der Waals surface area contributed by atoms with Gasteiger partial charge in [0.1, 0.15) is 0 Å². The van der Waals surface area contributed by atoms with Crippen molar-refractivity contribution in [1.82, 2.24) is 0 Å². The largest absolute Gasteiger partial charge is 0.481 e. The van der Waals surface area contributed by atoms with Crippen LogP contribution in [0.3, 0.4) is 0 Å². The van der Waals surface area contributed by atoms with E-state index in [2.05, 4.69) is 9.98 Å². The molecule has 1 N–H and O–H groups in total. The molecule has 0 bridgehead atoms. The first-order valence-electron chi connectivity index (χ1n) is 2.99. The Morgan fingerprint density at radius 3 is 2.00 bits per heavy atom. The molecule has 0 fully saturated rings. The first-order chi connectivity index (χ1) is 5.16. The van der Waals surface area contributed by atoms with E-state index < -0.39 is 12.0 Å². The molecule has 0 radical (unpaired) electrons. The molecule has 0 aromatic carbocycles. The topological polar surface area (TPSA) is 79.1 Å². The van der Waals surface area contributed by atoms with Crippen molar-refractivity contribution in [2.75, 3.05) is 0 Å². The van der Waals surface area contributed by atoms with Crippen LogP contribution in [0.4, 0.5) is 4.79 Å². The normalized spacial score (nSPS) is 12.6. The molecule has 0 aromatic rings. The highest BCUT2D eigenvalue weighted by atomic mass is 16.4. The van der Waals surface area contributed by atoms with E-state index in [0.29, 0.717) is 0 Å². The molecule has 1 aliphatic rings. The number of aliphatic imine (C=N–C) groups is 2. The first kappa shape index (κ1) is 9.48. The summed E-state index contributed by atoms with van der Waals surface area (Å²) in [4.78, 5) is 25.7. The highest BCUT2D eigenvalue weighted by molar-refractivity contribution is 6.25. The van der Waals surface area contributed by atoms with Crippen LogP contribution in [0.2, 0.25) is 0 Å². The van der Waals surface area contributed by atoms with E-state index >= 15 is 0 Å². The van der Waals surface area contributed by atoms with Crippen LogP contribution in [-0.4, -0.2) is 29.5 Å². The quantitative estimate of drug-likeness (QED) is 0.608. The van der Waals surface area contributed by atoms with Gasteiger partial charge in [0.15, 0.2) is 0 Å². The maximum absolute atomic E-state index is 9.85.